The fourth-order valence-electron chi connectivity index (χ4n) is 2.25. The smallest absolute Gasteiger partial charge is 0.257 e. The molecule has 0 spiro atoms. The van der Waals surface area contributed by atoms with Crippen LogP contribution in [-0.4, -0.2) is 29.4 Å². The molecule has 0 saturated carbocycles. The number of thiazole rings is 1. The van der Waals surface area contributed by atoms with Crippen LogP contribution >= 0.6 is 11.3 Å². The van der Waals surface area contributed by atoms with Crippen molar-refractivity contribution in [3.63, 3.8) is 0 Å². The predicted molar refractivity (Wildman–Crippen MR) is 81.3 cm³/mol. The second-order valence-corrected chi connectivity index (χ2v) is 6.28. The molecule has 3 rings (SSSR count). The second-order valence-electron chi connectivity index (χ2n) is 5.20. The van der Waals surface area contributed by atoms with Crippen molar-refractivity contribution in [2.24, 2.45) is 0 Å². The highest BCUT2D eigenvalue weighted by atomic mass is 32.1. The van der Waals surface area contributed by atoms with Gasteiger partial charge in [0.05, 0.1) is 5.69 Å². The minimum absolute atomic E-state index is 0.0931. The van der Waals surface area contributed by atoms with Crippen molar-refractivity contribution in [3.8, 4) is 0 Å². The molecule has 2 aromatic rings. The summed E-state index contributed by atoms with van der Waals surface area (Å²) in [6.07, 6.45) is 0.961. The van der Waals surface area contributed by atoms with Crippen molar-refractivity contribution < 1.29 is 4.79 Å². The zero-order valence-electron chi connectivity index (χ0n) is 11.6. The third kappa shape index (κ3) is 2.73. The SMILES string of the molecule is Cc1ccc(C(=O)Nc2nc3c(s2)CN(C)CC3)cc1. The minimum Gasteiger partial charge on any atom is -0.301 e. The van der Waals surface area contributed by atoms with Gasteiger partial charge < -0.3 is 4.90 Å². The van der Waals surface area contributed by atoms with Gasteiger partial charge in [0.15, 0.2) is 5.13 Å². The summed E-state index contributed by atoms with van der Waals surface area (Å²) in [5.41, 5.74) is 2.95. The molecule has 0 radical (unpaired) electrons. The monoisotopic (exact) mass is 287 g/mol. The highest BCUT2D eigenvalue weighted by Gasteiger charge is 2.19. The van der Waals surface area contributed by atoms with Gasteiger partial charge in [0.2, 0.25) is 0 Å². The van der Waals surface area contributed by atoms with Crippen LogP contribution in [0.3, 0.4) is 0 Å². The van der Waals surface area contributed by atoms with Crippen molar-refractivity contribution in [2.75, 3.05) is 18.9 Å². The summed E-state index contributed by atoms with van der Waals surface area (Å²) in [5, 5.41) is 3.60. The summed E-state index contributed by atoms with van der Waals surface area (Å²) in [5.74, 6) is -0.0931. The first-order valence-electron chi connectivity index (χ1n) is 6.67. The first-order chi connectivity index (χ1) is 9.61. The van der Waals surface area contributed by atoms with Crippen LogP contribution in [0.5, 0.6) is 0 Å². The van der Waals surface area contributed by atoms with Gasteiger partial charge in [-0.25, -0.2) is 4.98 Å². The Labute approximate surface area is 122 Å². The van der Waals surface area contributed by atoms with Gasteiger partial charge >= 0.3 is 0 Å². The number of benzene rings is 1. The van der Waals surface area contributed by atoms with Crippen molar-refractivity contribution in [2.45, 2.75) is 19.9 Å². The quantitative estimate of drug-likeness (QED) is 0.923. The Hall–Kier alpha value is -1.72. The van der Waals surface area contributed by atoms with E-state index >= 15 is 0 Å². The standard InChI is InChI=1S/C15H17N3OS/c1-10-3-5-11(6-4-10)14(19)17-15-16-12-7-8-18(2)9-13(12)20-15/h3-6H,7-9H2,1-2H3,(H,16,17,19). The minimum atomic E-state index is -0.0931. The zero-order chi connectivity index (χ0) is 14.1. The van der Waals surface area contributed by atoms with Gasteiger partial charge in [-0.2, -0.15) is 0 Å². The van der Waals surface area contributed by atoms with Crippen molar-refractivity contribution in [1.82, 2.24) is 9.88 Å². The van der Waals surface area contributed by atoms with Gasteiger partial charge in [-0.1, -0.05) is 17.7 Å². The third-order valence-corrected chi connectivity index (χ3v) is 4.45. The molecule has 4 nitrogen and oxygen atoms in total. The lowest BCUT2D eigenvalue weighted by atomic mass is 10.1. The number of likely N-dealkylation sites (N-methyl/N-ethyl adjacent to an activating group) is 1. The number of fused-ring (bicyclic) bond motifs is 1. The van der Waals surface area contributed by atoms with Crippen LogP contribution < -0.4 is 5.32 Å². The Kier molecular flexibility index (Phi) is 3.54. The lowest BCUT2D eigenvalue weighted by molar-refractivity contribution is 0.102. The van der Waals surface area contributed by atoms with E-state index in [9.17, 15) is 4.79 Å². The molecule has 0 atom stereocenters. The number of hydrogen-bond donors (Lipinski definition) is 1. The molecular weight excluding hydrogens is 270 g/mol. The largest absolute Gasteiger partial charge is 0.301 e. The average Bonchev–Trinajstić information content (AvgIpc) is 2.80. The van der Waals surface area contributed by atoms with Crippen molar-refractivity contribution in [1.29, 1.82) is 0 Å². The molecule has 0 saturated heterocycles. The summed E-state index contributed by atoms with van der Waals surface area (Å²) in [4.78, 5) is 20.2. The average molecular weight is 287 g/mol. The first-order valence-corrected chi connectivity index (χ1v) is 7.48. The van der Waals surface area contributed by atoms with Crippen LogP contribution in [0.15, 0.2) is 24.3 Å². The molecule has 2 heterocycles. The topological polar surface area (TPSA) is 45.2 Å². The molecule has 0 bridgehead atoms. The van der Waals surface area contributed by atoms with Gasteiger partial charge in [-0.3, -0.25) is 10.1 Å². The number of nitrogens with one attached hydrogen (secondary N) is 1. The number of carbonyl (C=O) groups is 1. The lowest BCUT2D eigenvalue weighted by Crippen LogP contribution is -2.25. The number of hydrogen-bond acceptors (Lipinski definition) is 4. The molecule has 1 aliphatic rings. The van der Waals surface area contributed by atoms with E-state index in [1.807, 2.05) is 31.2 Å². The van der Waals surface area contributed by atoms with Crippen LogP contribution in [0.2, 0.25) is 0 Å². The van der Waals surface area contributed by atoms with E-state index in [0.29, 0.717) is 10.7 Å². The fourth-order valence-corrected chi connectivity index (χ4v) is 3.33. The van der Waals surface area contributed by atoms with Gasteiger partial charge in [0, 0.05) is 30.0 Å². The molecule has 0 aliphatic carbocycles. The highest BCUT2D eigenvalue weighted by molar-refractivity contribution is 7.15. The van der Waals surface area contributed by atoms with E-state index in [-0.39, 0.29) is 5.91 Å². The van der Waals surface area contributed by atoms with Gasteiger partial charge in [0.25, 0.3) is 5.91 Å². The maximum Gasteiger partial charge on any atom is 0.257 e. The number of anilines is 1. The molecule has 20 heavy (non-hydrogen) atoms. The van der Waals surface area contributed by atoms with Crippen LogP contribution in [0.1, 0.15) is 26.5 Å². The molecule has 0 unspecified atom stereocenters. The van der Waals surface area contributed by atoms with E-state index < -0.39 is 0 Å². The van der Waals surface area contributed by atoms with Gasteiger partial charge in [-0.05, 0) is 26.1 Å². The number of amides is 1. The Bertz CT molecular complexity index is 633. The van der Waals surface area contributed by atoms with E-state index in [4.69, 9.17) is 0 Å². The van der Waals surface area contributed by atoms with Gasteiger partial charge in [-0.15, -0.1) is 11.3 Å². The Morgan fingerprint density at radius 1 is 1.35 bits per heavy atom. The number of carbonyl (C=O) groups excluding carboxylic acids is 1. The number of nitrogens with zero attached hydrogens (tertiary/aromatic N) is 2. The zero-order valence-corrected chi connectivity index (χ0v) is 12.5. The number of aryl methyl sites for hydroxylation is 1. The summed E-state index contributed by atoms with van der Waals surface area (Å²) in [6.45, 7) is 3.96. The first kappa shape index (κ1) is 13.3. The van der Waals surface area contributed by atoms with E-state index in [2.05, 4.69) is 22.2 Å². The molecule has 104 valence electrons. The molecule has 0 fully saturated rings. The molecule has 1 aromatic heterocycles. The summed E-state index contributed by atoms with van der Waals surface area (Å²) < 4.78 is 0. The summed E-state index contributed by atoms with van der Waals surface area (Å²) in [6, 6.07) is 7.56. The summed E-state index contributed by atoms with van der Waals surface area (Å²) >= 11 is 1.58. The third-order valence-electron chi connectivity index (χ3n) is 3.46. The molecule has 5 heteroatoms. The van der Waals surface area contributed by atoms with Crippen LogP contribution in [0.4, 0.5) is 5.13 Å². The normalized spacial score (nSPS) is 14.9. The van der Waals surface area contributed by atoms with Crippen LogP contribution in [0.25, 0.3) is 0 Å². The molecule has 1 aromatic carbocycles. The van der Waals surface area contributed by atoms with Gasteiger partial charge in [0.1, 0.15) is 0 Å². The maximum absolute atomic E-state index is 12.1. The molecule has 1 aliphatic heterocycles. The highest BCUT2D eigenvalue weighted by Crippen LogP contribution is 2.27. The van der Waals surface area contributed by atoms with E-state index in [0.717, 1.165) is 30.8 Å². The second kappa shape index (κ2) is 5.34. The van der Waals surface area contributed by atoms with Crippen LogP contribution in [0, 0.1) is 6.92 Å². The lowest BCUT2D eigenvalue weighted by Gasteiger charge is -2.20. The van der Waals surface area contributed by atoms with E-state index in [1.165, 1.54) is 4.88 Å². The Balaban J connectivity index is 1.75. The molecule has 1 amide bonds. The van der Waals surface area contributed by atoms with Crippen molar-refractivity contribution in [3.05, 3.63) is 46.0 Å². The molecular formula is C15H17N3OS. The maximum atomic E-state index is 12.1. The number of aromatic nitrogens is 1. The Morgan fingerprint density at radius 3 is 2.85 bits per heavy atom. The summed E-state index contributed by atoms with van der Waals surface area (Å²) in [7, 11) is 2.10. The van der Waals surface area contributed by atoms with Crippen molar-refractivity contribution >= 4 is 22.4 Å². The van der Waals surface area contributed by atoms with E-state index in [1.54, 1.807) is 11.3 Å². The number of rotatable bonds is 2. The van der Waals surface area contributed by atoms with Crippen LogP contribution in [-0.2, 0) is 13.0 Å². The predicted octanol–water partition coefficient (Wildman–Crippen LogP) is 2.69. The fraction of sp³-hybridized carbons (Fsp3) is 0.333. The Morgan fingerprint density at radius 2 is 2.10 bits per heavy atom. The molecule has 1 N–H and O–H groups in total.